The lowest BCUT2D eigenvalue weighted by Crippen LogP contribution is -2.09. The van der Waals surface area contributed by atoms with Crippen LogP contribution in [-0.2, 0) is 21.9 Å². The second-order valence-electron chi connectivity index (χ2n) is 5.95. The lowest BCUT2D eigenvalue weighted by atomic mass is 10.1. The summed E-state index contributed by atoms with van der Waals surface area (Å²) >= 11 is 0.240. The normalized spacial score (nSPS) is 12.6. The van der Waals surface area contributed by atoms with E-state index in [4.69, 9.17) is 10.2 Å². The first-order chi connectivity index (χ1) is 14.3. The molecule has 0 unspecified atom stereocenters. The summed E-state index contributed by atoms with van der Waals surface area (Å²) in [5.41, 5.74) is -2.64. The van der Waals surface area contributed by atoms with Gasteiger partial charge in [-0.2, -0.15) is 26.3 Å². The molecule has 164 valence electrons. The molecule has 4 nitrogen and oxygen atoms in total. The molecule has 11 heteroatoms. The van der Waals surface area contributed by atoms with Crippen LogP contribution >= 0.6 is 11.8 Å². The van der Waals surface area contributed by atoms with Crippen molar-refractivity contribution in [3.05, 3.63) is 70.8 Å². The summed E-state index contributed by atoms with van der Waals surface area (Å²) < 4.78 is 80.8. The minimum atomic E-state index is -4.90. The van der Waals surface area contributed by atoms with Gasteiger partial charge in [-0.05, 0) is 47.5 Å². The minimum absolute atomic E-state index is 0.0933. The molecule has 2 rings (SSSR count). The zero-order valence-corrected chi connectivity index (χ0v) is 16.0. The van der Waals surface area contributed by atoms with Crippen molar-refractivity contribution in [2.24, 2.45) is 0 Å². The average molecular weight is 462 g/mol. The molecular weight excluding hydrogens is 450 g/mol. The molecule has 0 aliphatic carbocycles. The Hall–Kier alpha value is -3.21. The van der Waals surface area contributed by atoms with Gasteiger partial charge in [-0.1, -0.05) is 23.9 Å². The maximum absolute atomic E-state index is 13.5. The van der Waals surface area contributed by atoms with Crippen molar-refractivity contribution in [2.45, 2.75) is 22.1 Å². The van der Waals surface area contributed by atoms with E-state index in [2.05, 4.69) is 0 Å². The van der Waals surface area contributed by atoms with Gasteiger partial charge in [-0.25, -0.2) is 9.59 Å². The zero-order chi connectivity index (χ0) is 23.4. The quantitative estimate of drug-likeness (QED) is 0.403. The van der Waals surface area contributed by atoms with E-state index in [1.165, 1.54) is 0 Å². The van der Waals surface area contributed by atoms with Crippen LogP contribution < -0.4 is 0 Å². The van der Waals surface area contributed by atoms with Gasteiger partial charge >= 0.3 is 24.3 Å². The predicted molar refractivity (Wildman–Crippen MR) is 100 cm³/mol. The van der Waals surface area contributed by atoms with Crippen LogP contribution in [0.15, 0.2) is 58.3 Å². The van der Waals surface area contributed by atoms with E-state index in [0.29, 0.717) is 24.3 Å². The van der Waals surface area contributed by atoms with Crippen molar-refractivity contribution in [1.82, 2.24) is 0 Å². The molecule has 0 fully saturated rings. The predicted octanol–water partition coefficient (Wildman–Crippen LogP) is 6.07. The average Bonchev–Trinajstić information content (AvgIpc) is 2.64. The van der Waals surface area contributed by atoms with Crippen molar-refractivity contribution in [3.63, 3.8) is 0 Å². The summed E-state index contributed by atoms with van der Waals surface area (Å²) in [6, 6.07) is 5.47. The number of rotatable bonds is 6. The minimum Gasteiger partial charge on any atom is -0.478 e. The molecule has 2 aromatic rings. The molecule has 0 aliphatic heterocycles. The topological polar surface area (TPSA) is 74.6 Å². The van der Waals surface area contributed by atoms with Crippen LogP contribution in [0.1, 0.15) is 22.3 Å². The fourth-order valence-electron chi connectivity index (χ4n) is 2.38. The monoisotopic (exact) mass is 462 g/mol. The summed E-state index contributed by atoms with van der Waals surface area (Å²) in [6.07, 6.45) is -6.69. The van der Waals surface area contributed by atoms with E-state index in [0.717, 1.165) is 36.4 Å². The van der Waals surface area contributed by atoms with Crippen LogP contribution in [0.25, 0.3) is 12.2 Å². The number of hydrogen-bond donors (Lipinski definition) is 2. The third-order valence-corrected chi connectivity index (χ3v) is 4.83. The number of carboxylic acids is 2. The van der Waals surface area contributed by atoms with E-state index in [1.54, 1.807) is 0 Å². The first kappa shape index (κ1) is 24.1. The zero-order valence-electron chi connectivity index (χ0n) is 15.2. The SMILES string of the molecule is O=C(O)C=Cc1ccc(Sc2ccc(C=CC(=O)O)cc2C(F)(F)F)c(C(F)(F)F)c1. The smallest absolute Gasteiger partial charge is 0.417 e. The second kappa shape index (κ2) is 9.29. The first-order valence-corrected chi connectivity index (χ1v) is 9.01. The van der Waals surface area contributed by atoms with Gasteiger partial charge in [0, 0.05) is 21.9 Å². The highest BCUT2D eigenvalue weighted by Crippen LogP contribution is 2.44. The van der Waals surface area contributed by atoms with Gasteiger partial charge in [0.05, 0.1) is 11.1 Å². The number of hydrogen-bond acceptors (Lipinski definition) is 3. The summed E-state index contributed by atoms with van der Waals surface area (Å²) in [5, 5.41) is 17.2. The molecule has 0 aliphatic rings. The Labute approximate surface area is 175 Å². The van der Waals surface area contributed by atoms with Crippen molar-refractivity contribution in [3.8, 4) is 0 Å². The standard InChI is InChI=1S/C20H12F6O4S/c21-19(22,23)13-9-11(3-7-17(27)28)1-5-15(13)31-16-6-2-12(4-8-18(29)30)10-14(16)20(24,25)26/h1-10H,(H,27,28)(H,29,30). The molecule has 2 N–H and O–H groups in total. The highest BCUT2D eigenvalue weighted by Gasteiger charge is 2.37. The summed E-state index contributed by atoms with van der Waals surface area (Å²) in [6.45, 7) is 0. The highest BCUT2D eigenvalue weighted by atomic mass is 32.2. The Morgan fingerprint density at radius 3 is 1.35 bits per heavy atom. The molecule has 0 heterocycles. The molecule has 0 saturated carbocycles. The number of halogens is 6. The van der Waals surface area contributed by atoms with Gasteiger partial charge in [0.15, 0.2) is 0 Å². The number of carbonyl (C=O) groups is 2. The van der Waals surface area contributed by atoms with Crippen LogP contribution in [0.2, 0.25) is 0 Å². The van der Waals surface area contributed by atoms with Crippen LogP contribution in [-0.4, -0.2) is 22.2 Å². The van der Waals surface area contributed by atoms with Crippen LogP contribution in [0.4, 0.5) is 26.3 Å². The third kappa shape index (κ3) is 6.92. The highest BCUT2D eigenvalue weighted by molar-refractivity contribution is 7.99. The van der Waals surface area contributed by atoms with Crippen molar-refractivity contribution in [1.29, 1.82) is 0 Å². The Balaban J connectivity index is 2.53. The lowest BCUT2D eigenvalue weighted by molar-refractivity contribution is -0.140. The van der Waals surface area contributed by atoms with Gasteiger partial charge < -0.3 is 10.2 Å². The Kier molecular flexibility index (Phi) is 7.21. The first-order valence-electron chi connectivity index (χ1n) is 8.20. The van der Waals surface area contributed by atoms with Gasteiger partial charge in [-0.15, -0.1) is 0 Å². The molecule has 0 amide bonds. The number of carboxylic acid groups (broad SMARTS) is 2. The maximum atomic E-state index is 13.5. The van der Waals surface area contributed by atoms with Crippen molar-refractivity contribution < 1.29 is 46.1 Å². The summed E-state index contributed by atoms with van der Waals surface area (Å²) in [7, 11) is 0. The summed E-state index contributed by atoms with van der Waals surface area (Å²) in [4.78, 5) is 20.1. The van der Waals surface area contributed by atoms with E-state index >= 15 is 0 Å². The van der Waals surface area contributed by atoms with Crippen LogP contribution in [0, 0.1) is 0 Å². The Morgan fingerprint density at radius 2 is 1.06 bits per heavy atom. The van der Waals surface area contributed by atoms with E-state index in [1.807, 2.05) is 0 Å². The third-order valence-electron chi connectivity index (χ3n) is 3.67. The van der Waals surface area contributed by atoms with E-state index < -0.39 is 45.2 Å². The number of alkyl halides is 6. The van der Waals surface area contributed by atoms with Crippen molar-refractivity contribution in [2.75, 3.05) is 0 Å². The molecular formula is C20H12F6O4S. The van der Waals surface area contributed by atoms with E-state index in [-0.39, 0.29) is 22.9 Å². The fraction of sp³-hybridized carbons (Fsp3) is 0.100. The number of benzene rings is 2. The largest absolute Gasteiger partial charge is 0.478 e. The Morgan fingerprint density at radius 1 is 0.710 bits per heavy atom. The molecule has 0 saturated heterocycles. The molecule has 2 aromatic carbocycles. The molecule has 0 aromatic heterocycles. The van der Waals surface area contributed by atoms with Crippen LogP contribution in [0.5, 0.6) is 0 Å². The Bertz CT molecular complexity index is 971. The van der Waals surface area contributed by atoms with Gasteiger partial charge in [0.2, 0.25) is 0 Å². The van der Waals surface area contributed by atoms with Gasteiger partial charge in [0.1, 0.15) is 0 Å². The molecule has 0 radical (unpaired) electrons. The fourth-order valence-corrected chi connectivity index (χ4v) is 3.46. The lowest BCUT2D eigenvalue weighted by Gasteiger charge is -2.17. The molecule has 31 heavy (non-hydrogen) atoms. The van der Waals surface area contributed by atoms with Gasteiger partial charge in [0.25, 0.3) is 0 Å². The van der Waals surface area contributed by atoms with Crippen molar-refractivity contribution >= 4 is 35.9 Å². The van der Waals surface area contributed by atoms with Crippen LogP contribution in [0.3, 0.4) is 0 Å². The van der Waals surface area contributed by atoms with Gasteiger partial charge in [-0.3, -0.25) is 0 Å². The molecule has 0 atom stereocenters. The molecule has 0 bridgehead atoms. The second-order valence-corrected chi connectivity index (χ2v) is 7.04. The molecule has 0 spiro atoms. The number of aliphatic carboxylic acids is 2. The maximum Gasteiger partial charge on any atom is 0.417 e. The summed E-state index contributed by atoms with van der Waals surface area (Å²) in [5.74, 6) is -2.75. The van der Waals surface area contributed by atoms with E-state index in [9.17, 15) is 35.9 Å².